The Balaban J connectivity index is 2.52. The Bertz CT molecular complexity index is 386. The standard InChI is InChI=1S/C9H7NO3/c11-8-7(9(12)13)5-3-1-2-4-6(5)10-8/h1-4,7H,(H,10,11)(H,12,13). The Morgan fingerprint density at radius 3 is 2.77 bits per heavy atom. The van der Waals surface area contributed by atoms with E-state index in [2.05, 4.69) is 5.32 Å². The maximum atomic E-state index is 11.2. The first-order chi connectivity index (χ1) is 6.20. The number of fused-ring (bicyclic) bond motifs is 1. The van der Waals surface area contributed by atoms with Crippen LogP contribution in [0.1, 0.15) is 11.5 Å². The molecule has 13 heavy (non-hydrogen) atoms. The van der Waals surface area contributed by atoms with Crippen LogP contribution in [-0.2, 0) is 9.59 Å². The van der Waals surface area contributed by atoms with Crippen molar-refractivity contribution in [2.45, 2.75) is 5.92 Å². The van der Waals surface area contributed by atoms with Crippen LogP contribution in [0.2, 0.25) is 0 Å². The Kier molecular flexibility index (Phi) is 1.55. The molecule has 0 fully saturated rings. The number of carboxylic acid groups (broad SMARTS) is 1. The maximum absolute atomic E-state index is 11.2. The predicted molar refractivity (Wildman–Crippen MR) is 45.4 cm³/mol. The van der Waals surface area contributed by atoms with Gasteiger partial charge in [-0.25, -0.2) is 0 Å². The van der Waals surface area contributed by atoms with Gasteiger partial charge in [-0.2, -0.15) is 0 Å². The first-order valence-corrected chi connectivity index (χ1v) is 3.83. The number of benzene rings is 1. The minimum absolute atomic E-state index is 0.464. The summed E-state index contributed by atoms with van der Waals surface area (Å²) in [6, 6.07) is 6.81. The quantitative estimate of drug-likeness (QED) is 0.623. The lowest BCUT2D eigenvalue weighted by Crippen LogP contribution is -2.20. The fourth-order valence-electron chi connectivity index (χ4n) is 1.45. The molecule has 0 bridgehead atoms. The summed E-state index contributed by atoms with van der Waals surface area (Å²) in [6.45, 7) is 0. The average molecular weight is 177 g/mol. The number of para-hydroxylation sites is 1. The van der Waals surface area contributed by atoms with E-state index in [1.54, 1.807) is 24.3 Å². The molecule has 2 rings (SSSR count). The Morgan fingerprint density at radius 1 is 1.38 bits per heavy atom. The lowest BCUT2D eigenvalue weighted by Gasteiger charge is -2.00. The molecule has 1 aromatic carbocycles. The largest absolute Gasteiger partial charge is 0.480 e. The predicted octanol–water partition coefficient (Wildman–Crippen LogP) is 0.807. The lowest BCUT2D eigenvalue weighted by molar-refractivity contribution is -0.141. The van der Waals surface area contributed by atoms with Crippen molar-refractivity contribution in [2.75, 3.05) is 5.32 Å². The molecule has 4 nitrogen and oxygen atoms in total. The fraction of sp³-hybridized carbons (Fsp3) is 0.111. The number of amides is 1. The SMILES string of the molecule is O=C(O)C1C(=O)Nc2ccccc21. The van der Waals surface area contributed by atoms with Gasteiger partial charge in [0.15, 0.2) is 5.92 Å². The van der Waals surface area contributed by atoms with E-state index < -0.39 is 17.8 Å². The van der Waals surface area contributed by atoms with Crippen LogP contribution in [0.15, 0.2) is 24.3 Å². The number of hydrogen-bond acceptors (Lipinski definition) is 2. The third kappa shape index (κ3) is 1.07. The molecule has 1 amide bonds. The van der Waals surface area contributed by atoms with E-state index in [0.717, 1.165) is 0 Å². The molecule has 1 aliphatic rings. The van der Waals surface area contributed by atoms with Gasteiger partial charge in [0.2, 0.25) is 5.91 Å². The summed E-state index contributed by atoms with van der Waals surface area (Å²) in [7, 11) is 0. The number of rotatable bonds is 1. The van der Waals surface area contributed by atoms with E-state index in [-0.39, 0.29) is 0 Å². The molecule has 0 saturated carbocycles. The van der Waals surface area contributed by atoms with E-state index in [1.165, 1.54) is 0 Å². The number of carbonyl (C=O) groups excluding carboxylic acids is 1. The molecule has 1 unspecified atom stereocenters. The van der Waals surface area contributed by atoms with Gasteiger partial charge < -0.3 is 10.4 Å². The van der Waals surface area contributed by atoms with Crippen molar-refractivity contribution in [2.24, 2.45) is 0 Å². The third-order valence-corrected chi connectivity index (χ3v) is 2.04. The number of anilines is 1. The van der Waals surface area contributed by atoms with Crippen LogP contribution in [-0.4, -0.2) is 17.0 Å². The first kappa shape index (κ1) is 7.79. The summed E-state index contributed by atoms with van der Waals surface area (Å²) in [5, 5.41) is 11.3. The van der Waals surface area contributed by atoms with Crippen LogP contribution >= 0.6 is 0 Å². The van der Waals surface area contributed by atoms with Gasteiger partial charge in [0.1, 0.15) is 0 Å². The second-order valence-electron chi connectivity index (χ2n) is 2.85. The third-order valence-electron chi connectivity index (χ3n) is 2.04. The molecule has 1 aliphatic heterocycles. The maximum Gasteiger partial charge on any atom is 0.320 e. The molecular formula is C9H7NO3. The summed E-state index contributed by atoms with van der Waals surface area (Å²) >= 11 is 0. The van der Waals surface area contributed by atoms with E-state index in [4.69, 9.17) is 5.11 Å². The van der Waals surface area contributed by atoms with Crippen LogP contribution in [0.5, 0.6) is 0 Å². The van der Waals surface area contributed by atoms with Gasteiger partial charge in [0, 0.05) is 5.69 Å². The molecule has 4 heteroatoms. The molecule has 0 aromatic heterocycles. The van der Waals surface area contributed by atoms with E-state index >= 15 is 0 Å². The minimum atomic E-state index is -1.11. The molecule has 0 radical (unpaired) electrons. The van der Waals surface area contributed by atoms with Crippen LogP contribution < -0.4 is 5.32 Å². The molecule has 0 spiro atoms. The van der Waals surface area contributed by atoms with Crippen molar-refractivity contribution in [3.63, 3.8) is 0 Å². The topological polar surface area (TPSA) is 66.4 Å². The molecule has 66 valence electrons. The Morgan fingerprint density at radius 2 is 2.08 bits per heavy atom. The minimum Gasteiger partial charge on any atom is -0.480 e. The molecular weight excluding hydrogens is 170 g/mol. The zero-order valence-corrected chi connectivity index (χ0v) is 6.65. The lowest BCUT2D eigenvalue weighted by atomic mass is 10.0. The molecule has 1 heterocycles. The van der Waals surface area contributed by atoms with Crippen molar-refractivity contribution in [1.82, 2.24) is 0 Å². The Labute approximate surface area is 74.2 Å². The molecule has 0 aliphatic carbocycles. The number of hydrogen-bond donors (Lipinski definition) is 2. The number of aliphatic carboxylic acids is 1. The summed E-state index contributed by atoms with van der Waals surface area (Å²) in [6.07, 6.45) is 0. The normalized spacial score (nSPS) is 19.4. The van der Waals surface area contributed by atoms with Crippen LogP contribution in [0.3, 0.4) is 0 Å². The monoisotopic (exact) mass is 177 g/mol. The fourth-order valence-corrected chi connectivity index (χ4v) is 1.45. The molecule has 0 saturated heterocycles. The van der Waals surface area contributed by atoms with Gasteiger partial charge in [-0.3, -0.25) is 9.59 Å². The van der Waals surface area contributed by atoms with E-state index in [1.807, 2.05) is 0 Å². The van der Waals surface area contributed by atoms with E-state index in [0.29, 0.717) is 11.3 Å². The smallest absolute Gasteiger partial charge is 0.320 e. The van der Waals surface area contributed by atoms with Gasteiger partial charge in [0.25, 0.3) is 0 Å². The highest BCUT2D eigenvalue weighted by Gasteiger charge is 2.35. The average Bonchev–Trinajstić information content (AvgIpc) is 2.39. The van der Waals surface area contributed by atoms with Gasteiger partial charge in [-0.1, -0.05) is 18.2 Å². The van der Waals surface area contributed by atoms with Crippen molar-refractivity contribution < 1.29 is 14.7 Å². The van der Waals surface area contributed by atoms with E-state index in [9.17, 15) is 9.59 Å². The van der Waals surface area contributed by atoms with Crippen LogP contribution in [0.4, 0.5) is 5.69 Å². The van der Waals surface area contributed by atoms with Crippen molar-refractivity contribution in [3.05, 3.63) is 29.8 Å². The van der Waals surface area contributed by atoms with Crippen LogP contribution in [0, 0.1) is 0 Å². The van der Waals surface area contributed by atoms with Gasteiger partial charge in [-0.05, 0) is 11.6 Å². The first-order valence-electron chi connectivity index (χ1n) is 3.83. The highest BCUT2D eigenvalue weighted by atomic mass is 16.4. The second kappa shape index (κ2) is 2.58. The number of carbonyl (C=O) groups is 2. The van der Waals surface area contributed by atoms with Gasteiger partial charge in [-0.15, -0.1) is 0 Å². The summed E-state index contributed by atoms with van der Waals surface area (Å²) in [5.74, 6) is -2.62. The van der Waals surface area contributed by atoms with Gasteiger partial charge in [0.05, 0.1) is 0 Å². The summed E-state index contributed by atoms with van der Waals surface area (Å²) in [4.78, 5) is 21.9. The zero-order chi connectivity index (χ0) is 9.42. The summed E-state index contributed by atoms with van der Waals surface area (Å²) in [5.41, 5.74) is 1.14. The number of nitrogens with one attached hydrogen (secondary N) is 1. The molecule has 1 aromatic rings. The second-order valence-corrected chi connectivity index (χ2v) is 2.85. The van der Waals surface area contributed by atoms with Crippen molar-refractivity contribution in [3.8, 4) is 0 Å². The van der Waals surface area contributed by atoms with Gasteiger partial charge >= 0.3 is 5.97 Å². The zero-order valence-electron chi connectivity index (χ0n) is 6.65. The molecule has 2 N–H and O–H groups in total. The Hall–Kier alpha value is -1.84. The number of carboxylic acids is 1. The summed E-state index contributed by atoms with van der Waals surface area (Å²) < 4.78 is 0. The van der Waals surface area contributed by atoms with Crippen molar-refractivity contribution >= 4 is 17.6 Å². The van der Waals surface area contributed by atoms with Crippen LogP contribution in [0.25, 0.3) is 0 Å². The molecule has 1 atom stereocenters. The highest BCUT2D eigenvalue weighted by molar-refractivity contribution is 6.14. The highest BCUT2D eigenvalue weighted by Crippen LogP contribution is 2.31. The van der Waals surface area contributed by atoms with Crippen molar-refractivity contribution in [1.29, 1.82) is 0 Å².